The van der Waals surface area contributed by atoms with E-state index in [9.17, 15) is 14.7 Å². The minimum Gasteiger partial charge on any atom is -0.476 e. The molecule has 24 heavy (non-hydrogen) atoms. The van der Waals surface area contributed by atoms with E-state index in [1.807, 2.05) is 27.7 Å². The Kier molecular flexibility index (Phi) is 5.46. The molecule has 1 aromatic rings. The van der Waals surface area contributed by atoms with E-state index in [-0.39, 0.29) is 17.7 Å². The van der Waals surface area contributed by atoms with E-state index >= 15 is 0 Å². The number of carbonyl (C=O) groups excluding carboxylic acids is 1. The first kappa shape index (κ1) is 18.2. The number of piperidine rings is 1. The molecule has 8 nitrogen and oxygen atoms in total. The van der Waals surface area contributed by atoms with Gasteiger partial charge in [0.05, 0.1) is 5.69 Å². The van der Waals surface area contributed by atoms with Gasteiger partial charge in [-0.1, -0.05) is 12.1 Å². The van der Waals surface area contributed by atoms with Gasteiger partial charge in [-0.3, -0.25) is 0 Å². The van der Waals surface area contributed by atoms with Crippen molar-refractivity contribution in [1.82, 2.24) is 19.9 Å². The monoisotopic (exact) mass is 338 g/mol. The molecule has 1 aliphatic rings. The Morgan fingerprint density at radius 2 is 1.92 bits per heavy atom. The number of aryl methyl sites for hydroxylation is 1. The molecule has 0 spiro atoms. The molecule has 0 aromatic carbocycles. The van der Waals surface area contributed by atoms with E-state index in [0.29, 0.717) is 38.2 Å². The van der Waals surface area contributed by atoms with E-state index in [4.69, 9.17) is 4.74 Å². The lowest BCUT2D eigenvalue weighted by molar-refractivity contribution is 0.0202. The van der Waals surface area contributed by atoms with Crippen LogP contribution in [0.1, 0.15) is 69.1 Å². The smallest absolute Gasteiger partial charge is 0.410 e. The van der Waals surface area contributed by atoms with E-state index in [0.717, 1.165) is 6.42 Å². The standard InChI is InChI=1S/C16H26N4O4/c1-5-8-20-13(12(14(21)22)17-18-20)11-6-9-19(10-7-11)15(23)24-16(2,3)4/h11H,5-10H2,1-4H3,(H,21,22). The Balaban J connectivity index is 2.08. The van der Waals surface area contributed by atoms with Gasteiger partial charge in [-0.25, -0.2) is 14.3 Å². The van der Waals surface area contributed by atoms with Gasteiger partial charge in [0.2, 0.25) is 0 Å². The Morgan fingerprint density at radius 3 is 2.42 bits per heavy atom. The molecule has 0 unspecified atom stereocenters. The molecule has 1 N–H and O–H groups in total. The predicted octanol–water partition coefficient (Wildman–Crippen LogP) is 2.50. The number of carboxylic acids is 1. The first-order valence-corrected chi connectivity index (χ1v) is 8.37. The lowest BCUT2D eigenvalue weighted by atomic mass is 9.92. The van der Waals surface area contributed by atoms with Crippen LogP contribution >= 0.6 is 0 Å². The van der Waals surface area contributed by atoms with Crippen LogP contribution in [0.15, 0.2) is 0 Å². The number of aromatic carboxylic acids is 1. The Hall–Kier alpha value is -2.12. The fourth-order valence-electron chi connectivity index (χ4n) is 2.92. The molecule has 1 fully saturated rings. The van der Waals surface area contributed by atoms with E-state index in [2.05, 4.69) is 10.3 Å². The maximum absolute atomic E-state index is 12.1. The third-order valence-electron chi connectivity index (χ3n) is 3.94. The number of amides is 1. The van der Waals surface area contributed by atoms with Crippen molar-refractivity contribution in [1.29, 1.82) is 0 Å². The zero-order valence-corrected chi connectivity index (χ0v) is 14.8. The molecule has 1 aliphatic heterocycles. The van der Waals surface area contributed by atoms with Gasteiger partial charge >= 0.3 is 12.1 Å². The highest BCUT2D eigenvalue weighted by molar-refractivity contribution is 5.86. The van der Waals surface area contributed by atoms with Crippen LogP contribution in [0, 0.1) is 0 Å². The van der Waals surface area contributed by atoms with Crippen LogP contribution in [0.5, 0.6) is 0 Å². The van der Waals surface area contributed by atoms with Crippen molar-refractivity contribution in [3.63, 3.8) is 0 Å². The van der Waals surface area contributed by atoms with Crippen molar-refractivity contribution in [3.05, 3.63) is 11.4 Å². The second kappa shape index (κ2) is 7.19. The number of aromatic nitrogens is 3. The van der Waals surface area contributed by atoms with Crippen LogP contribution < -0.4 is 0 Å². The molecule has 0 aliphatic carbocycles. The molecular formula is C16H26N4O4. The fourth-order valence-corrected chi connectivity index (χ4v) is 2.92. The van der Waals surface area contributed by atoms with Gasteiger partial charge in [0, 0.05) is 25.6 Å². The molecule has 134 valence electrons. The van der Waals surface area contributed by atoms with Crippen molar-refractivity contribution in [2.45, 2.75) is 65.0 Å². The molecule has 1 aromatic heterocycles. The number of hydrogen-bond acceptors (Lipinski definition) is 5. The van der Waals surface area contributed by atoms with Gasteiger partial charge in [-0.15, -0.1) is 5.10 Å². The number of carboxylic acid groups (broad SMARTS) is 1. The molecule has 0 atom stereocenters. The highest BCUT2D eigenvalue weighted by Gasteiger charge is 2.32. The normalized spacial score (nSPS) is 16.2. The lowest BCUT2D eigenvalue weighted by Crippen LogP contribution is -2.41. The largest absolute Gasteiger partial charge is 0.476 e. The molecule has 2 rings (SSSR count). The summed E-state index contributed by atoms with van der Waals surface area (Å²) in [5.74, 6) is -1.02. The van der Waals surface area contributed by atoms with Crippen molar-refractivity contribution in [2.75, 3.05) is 13.1 Å². The summed E-state index contributed by atoms with van der Waals surface area (Å²) in [4.78, 5) is 25.2. The summed E-state index contributed by atoms with van der Waals surface area (Å²) in [6.07, 6.45) is 1.89. The van der Waals surface area contributed by atoms with Gasteiger partial charge in [0.1, 0.15) is 5.60 Å². The summed E-state index contributed by atoms with van der Waals surface area (Å²) in [5.41, 5.74) is 0.181. The minimum absolute atomic E-state index is 0.0270. The van der Waals surface area contributed by atoms with Gasteiger partial charge in [-0.2, -0.15) is 0 Å². The van der Waals surface area contributed by atoms with Crippen LogP contribution in [0.4, 0.5) is 4.79 Å². The molecular weight excluding hydrogens is 312 g/mol. The first-order chi connectivity index (χ1) is 11.2. The van der Waals surface area contributed by atoms with Crippen LogP contribution in [0.3, 0.4) is 0 Å². The zero-order chi connectivity index (χ0) is 17.9. The van der Waals surface area contributed by atoms with Crippen molar-refractivity contribution >= 4 is 12.1 Å². The average molecular weight is 338 g/mol. The predicted molar refractivity (Wildman–Crippen MR) is 87.1 cm³/mol. The third kappa shape index (κ3) is 4.24. The lowest BCUT2D eigenvalue weighted by Gasteiger charge is -2.33. The summed E-state index contributed by atoms with van der Waals surface area (Å²) in [6, 6.07) is 0. The molecule has 1 saturated heterocycles. The summed E-state index contributed by atoms with van der Waals surface area (Å²) in [7, 11) is 0. The average Bonchev–Trinajstić information content (AvgIpc) is 2.90. The molecule has 0 saturated carbocycles. The maximum Gasteiger partial charge on any atom is 0.410 e. The van der Waals surface area contributed by atoms with Gasteiger partial charge in [-0.05, 0) is 40.0 Å². The molecule has 2 heterocycles. The first-order valence-electron chi connectivity index (χ1n) is 8.37. The van der Waals surface area contributed by atoms with Crippen LogP contribution in [-0.2, 0) is 11.3 Å². The summed E-state index contributed by atoms with van der Waals surface area (Å²) in [5, 5.41) is 17.2. The fraction of sp³-hybridized carbons (Fsp3) is 0.750. The number of ether oxygens (including phenoxy) is 1. The van der Waals surface area contributed by atoms with E-state index in [1.165, 1.54) is 0 Å². The van der Waals surface area contributed by atoms with Crippen LogP contribution in [0.25, 0.3) is 0 Å². The summed E-state index contributed by atoms with van der Waals surface area (Å²) >= 11 is 0. The van der Waals surface area contributed by atoms with Gasteiger partial charge < -0.3 is 14.7 Å². The number of likely N-dealkylation sites (tertiary alicyclic amines) is 1. The SMILES string of the molecule is CCCn1nnc(C(=O)O)c1C1CCN(C(=O)OC(C)(C)C)CC1. The number of hydrogen-bond donors (Lipinski definition) is 1. The quantitative estimate of drug-likeness (QED) is 0.906. The zero-order valence-electron chi connectivity index (χ0n) is 14.8. The summed E-state index contributed by atoms with van der Waals surface area (Å²) < 4.78 is 7.08. The molecule has 1 amide bonds. The van der Waals surface area contributed by atoms with Crippen molar-refractivity contribution < 1.29 is 19.4 Å². The van der Waals surface area contributed by atoms with Crippen LogP contribution in [0.2, 0.25) is 0 Å². The number of nitrogens with zero attached hydrogens (tertiary/aromatic N) is 4. The maximum atomic E-state index is 12.1. The second-order valence-corrected chi connectivity index (χ2v) is 7.09. The number of rotatable bonds is 4. The van der Waals surface area contributed by atoms with Crippen molar-refractivity contribution in [3.8, 4) is 0 Å². The van der Waals surface area contributed by atoms with E-state index < -0.39 is 11.6 Å². The summed E-state index contributed by atoms with van der Waals surface area (Å²) in [6.45, 7) is 9.24. The third-order valence-corrected chi connectivity index (χ3v) is 3.94. The topological polar surface area (TPSA) is 97.5 Å². The second-order valence-electron chi connectivity index (χ2n) is 7.09. The minimum atomic E-state index is -1.05. The highest BCUT2D eigenvalue weighted by atomic mass is 16.6. The number of carbonyl (C=O) groups is 2. The molecule has 0 radical (unpaired) electrons. The Bertz CT molecular complexity index is 598. The Morgan fingerprint density at radius 1 is 1.29 bits per heavy atom. The highest BCUT2D eigenvalue weighted by Crippen LogP contribution is 2.30. The molecule has 8 heteroatoms. The van der Waals surface area contributed by atoms with Gasteiger partial charge in [0.15, 0.2) is 5.69 Å². The molecule has 0 bridgehead atoms. The van der Waals surface area contributed by atoms with E-state index in [1.54, 1.807) is 9.58 Å². The Labute approximate surface area is 141 Å². The van der Waals surface area contributed by atoms with Crippen LogP contribution in [-0.4, -0.2) is 55.8 Å². The van der Waals surface area contributed by atoms with Crippen molar-refractivity contribution in [2.24, 2.45) is 0 Å². The van der Waals surface area contributed by atoms with Gasteiger partial charge in [0.25, 0.3) is 0 Å².